The molecule has 0 aliphatic carbocycles. The predicted molar refractivity (Wildman–Crippen MR) is 94.9 cm³/mol. The zero-order valence-corrected chi connectivity index (χ0v) is 14.1. The largest absolute Gasteiger partial charge is 0.339 e. The first-order chi connectivity index (χ1) is 11.1. The van der Waals surface area contributed by atoms with E-state index in [9.17, 15) is 0 Å². The highest BCUT2D eigenvalue weighted by molar-refractivity contribution is 6.32. The van der Waals surface area contributed by atoms with Gasteiger partial charge in [0.15, 0.2) is 0 Å². The molecular formula is C18H17ClN4. The van der Waals surface area contributed by atoms with E-state index in [4.69, 9.17) is 11.6 Å². The fourth-order valence-electron chi connectivity index (χ4n) is 3.42. The molecule has 116 valence electrons. The molecular weight excluding hydrogens is 308 g/mol. The molecule has 4 aromatic rings. The van der Waals surface area contributed by atoms with E-state index in [1.54, 1.807) is 0 Å². The molecule has 0 aliphatic rings. The van der Waals surface area contributed by atoms with Crippen LogP contribution in [0.2, 0.25) is 5.02 Å². The minimum absolute atomic E-state index is 0.737. The summed E-state index contributed by atoms with van der Waals surface area (Å²) in [6, 6.07) is 6.14. The topological polar surface area (TPSA) is 35.6 Å². The van der Waals surface area contributed by atoms with Crippen LogP contribution in [-0.4, -0.2) is 19.3 Å². The van der Waals surface area contributed by atoms with Crippen molar-refractivity contribution in [2.45, 2.75) is 20.4 Å². The van der Waals surface area contributed by atoms with E-state index in [0.717, 1.165) is 28.4 Å². The first-order valence-corrected chi connectivity index (χ1v) is 8.04. The number of hydrogen-bond acceptors (Lipinski definition) is 2. The van der Waals surface area contributed by atoms with Crippen LogP contribution in [0.15, 0.2) is 36.8 Å². The summed E-state index contributed by atoms with van der Waals surface area (Å²) < 4.78 is 4.14. The van der Waals surface area contributed by atoms with Crippen LogP contribution in [-0.2, 0) is 13.6 Å². The van der Waals surface area contributed by atoms with Crippen LogP contribution in [0.4, 0.5) is 0 Å². The summed E-state index contributed by atoms with van der Waals surface area (Å²) in [7, 11) is 1.93. The molecule has 5 heteroatoms. The molecule has 4 nitrogen and oxygen atoms in total. The maximum atomic E-state index is 6.42. The maximum Gasteiger partial charge on any atom is 0.0707 e. The molecule has 0 aliphatic heterocycles. The Morgan fingerprint density at radius 3 is 2.70 bits per heavy atom. The number of aromatic nitrogens is 4. The Morgan fingerprint density at radius 2 is 2.00 bits per heavy atom. The van der Waals surface area contributed by atoms with Crippen LogP contribution in [0.3, 0.4) is 0 Å². The molecule has 0 radical (unpaired) electrons. The second-order valence-electron chi connectivity index (χ2n) is 5.79. The normalized spacial score (nSPS) is 11.7. The van der Waals surface area contributed by atoms with Gasteiger partial charge in [-0.15, -0.1) is 0 Å². The predicted octanol–water partition coefficient (Wildman–Crippen LogP) is 4.57. The van der Waals surface area contributed by atoms with Crippen LogP contribution < -0.4 is 0 Å². The lowest BCUT2D eigenvalue weighted by Crippen LogP contribution is -1.97. The van der Waals surface area contributed by atoms with E-state index in [0.29, 0.717) is 0 Å². The summed E-state index contributed by atoms with van der Waals surface area (Å²) in [6.07, 6.45) is 5.77. The molecule has 4 rings (SSSR count). The fraction of sp³-hybridized carbons (Fsp3) is 0.222. The Balaban J connectivity index is 2.24. The quantitative estimate of drug-likeness (QED) is 0.541. The zero-order chi connectivity index (χ0) is 16.1. The minimum atomic E-state index is 0.737. The Hall–Kier alpha value is -2.33. The lowest BCUT2D eigenvalue weighted by Gasteiger charge is -2.09. The van der Waals surface area contributed by atoms with E-state index >= 15 is 0 Å². The summed E-state index contributed by atoms with van der Waals surface area (Å²) in [6.45, 7) is 5.09. The molecule has 0 N–H and O–H groups in total. The van der Waals surface area contributed by atoms with Crippen molar-refractivity contribution in [3.63, 3.8) is 0 Å². The SMILES string of the molecule is CCn1c2c(-c3cnn(C)c3)cc(Cl)cc2c2ccnc(C)c21. The van der Waals surface area contributed by atoms with Crippen LogP contribution >= 0.6 is 11.6 Å². The Labute approximate surface area is 139 Å². The third-order valence-corrected chi connectivity index (χ3v) is 4.56. The minimum Gasteiger partial charge on any atom is -0.339 e. The highest BCUT2D eigenvalue weighted by atomic mass is 35.5. The lowest BCUT2D eigenvalue weighted by atomic mass is 10.0. The highest BCUT2D eigenvalue weighted by Crippen LogP contribution is 2.38. The summed E-state index contributed by atoms with van der Waals surface area (Å²) >= 11 is 6.42. The number of aryl methyl sites for hydroxylation is 3. The molecule has 0 saturated heterocycles. The van der Waals surface area contributed by atoms with Gasteiger partial charge in [-0.1, -0.05) is 11.6 Å². The van der Waals surface area contributed by atoms with Crippen molar-refractivity contribution >= 4 is 33.4 Å². The summed E-state index contributed by atoms with van der Waals surface area (Å²) in [5.74, 6) is 0. The molecule has 0 bridgehead atoms. The van der Waals surface area contributed by atoms with Gasteiger partial charge in [0.05, 0.1) is 22.9 Å². The van der Waals surface area contributed by atoms with Gasteiger partial charge in [-0.2, -0.15) is 5.10 Å². The number of fused-ring (bicyclic) bond motifs is 3. The van der Waals surface area contributed by atoms with Gasteiger partial charge >= 0.3 is 0 Å². The number of rotatable bonds is 2. The van der Waals surface area contributed by atoms with Crippen molar-refractivity contribution in [2.75, 3.05) is 0 Å². The first-order valence-electron chi connectivity index (χ1n) is 7.66. The molecule has 3 aromatic heterocycles. The van der Waals surface area contributed by atoms with Crippen molar-refractivity contribution in [3.8, 4) is 11.1 Å². The van der Waals surface area contributed by atoms with Gasteiger partial charge in [0.2, 0.25) is 0 Å². The Bertz CT molecular complexity index is 1040. The Morgan fingerprint density at radius 1 is 1.17 bits per heavy atom. The number of hydrogen-bond donors (Lipinski definition) is 0. The number of nitrogens with zero attached hydrogens (tertiary/aromatic N) is 4. The smallest absolute Gasteiger partial charge is 0.0707 e. The first kappa shape index (κ1) is 14.3. The molecule has 0 amide bonds. The van der Waals surface area contributed by atoms with Crippen molar-refractivity contribution < 1.29 is 0 Å². The molecule has 0 unspecified atom stereocenters. The van der Waals surface area contributed by atoms with Gasteiger partial charge in [-0.3, -0.25) is 9.67 Å². The molecule has 0 saturated carbocycles. The number of pyridine rings is 1. The fourth-order valence-corrected chi connectivity index (χ4v) is 3.64. The number of halogens is 1. The second kappa shape index (κ2) is 5.10. The maximum absolute atomic E-state index is 6.42. The van der Waals surface area contributed by atoms with Gasteiger partial charge in [0.1, 0.15) is 0 Å². The van der Waals surface area contributed by atoms with Gasteiger partial charge in [0.25, 0.3) is 0 Å². The van der Waals surface area contributed by atoms with Crippen LogP contribution in [0, 0.1) is 6.92 Å². The van der Waals surface area contributed by atoms with E-state index in [1.807, 2.05) is 42.5 Å². The van der Waals surface area contributed by atoms with Gasteiger partial charge in [0, 0.05) is 52.9 Å². The molecule has 0 atom stereocenters. The average molecular weight is 325 g/mol. The summed E-state index contributed by atoms with van der Waals surface area (Å²) in [4.78, 5) is 4.47. The number of benzene rings is 1. The third-order valence-electron chi connectivity index (χ3n) is 4.34. The molecule has 1 aromatic carbocycles. The summed E-state index contributed by atoms with van der Waals surface area (Å²) in [5, 5.41) is 7.41. The van der Waals surface area contributed by atoms with E-state index in [1.165, 1.54) is 21.8 Å². The van der Waals surface area contributed by atoms with Crippen molar-refractivity contribution in [1.29, 1.82) is 0 Å². The van der Waals surface area contributed by atoms with Gasteiger partial charge in [-0.25, -0.2) is 0 Å². The Kier molecular flexibility index (Phi) is 3.16. The summed E-state index contributed by atoms with van der Waals surface area (Å²) in [5.41, 5.74) is 5.59. The van der Waals surface area contributed by atoms with Crippen molar-refractivity contribution in [2.24, 2.45) is 7.05 Å². The van der Waals surface area contributed by atoms with Gasteiger partial charge in [-0.05, 0) is 32.0 Å². The van der Waals surface area contributed by atoms with E-state index < -0.39 is 0 Å². The third kappa shape index (κ3) is 2.05. The van der Waals surface area contributed by atoms with Crippen molar-refractivity contribution in [3.05, 3.63) is 47.5 Å². The lowest BCUT2D eigenvalue weighted by molar-refractivity contribution is 0.768. The monoisotopic (exact) mass is 324 g/mol. The van der Waals surface area contributed by atoms with Crippen LogP contribution in [0.5, 0.6) is 0 Å². The molecule has 3 heterocycles. The molecule has 0 spiro atoms. The van der Waals surface area contributed by atoms with Crippen LogP contribution in [0.1, 0.15) is 12.6 Å². The van der Waals surface area contributed by atoms with E-state index in [2.05, 4.69) is 34.6 Å². The van der Waals surface area contributed by atoms with Crippen molar-refractivity contribution in [1.82, 2.24) is 19.3 Å². The zero-order valence-electron chi connectivity index (χ0n) is 13.3. The average Bonchev–Trinajstić information content (AvgIpc) is 3.09. The highest BCUT2D eigenvalue weighted by Gasteiger charge is 2.17. The van der Waals surface area contributed by atoms with Crippen LogP contribution in [0.25, 0.3) is 32.9 Å². The molecule has 23 heavy (non-hydrogen) atoms. The second-order valence-corrected chi connectivity index (χ2v) is 6.23. The van der Waals surface area contributed by atoms with E-state index in [-0.39, 0.29) is 0 Å². The molecule has 0 fully saturated rings. The standard InChI is InChI=1S/C18H17ClN4/c1-4-23-17-11(2)20-6-5-14(17)16-8-13(19)7-15(18(16)23)12-9-21-22(3)10-12/h5-10H,4H2,1-3H3. The van der Waals surface area contributed by atoms with Gasteiger partial charge < -0.3 is 4.57 Å².